The first-order valence-corrected chi connectivity index (χ1v) is 9.66. The molecule has 2 amide bonds. The summed E-state index contributed by atoms with van der Waals surface area (Å²) in [7, 11) is 0. The molecule has 5 nitrogen and oxygen atoms in total. The second-order valence-corrected chi connectivity index (χ2v) is 7.02. The van der Waals surface area contributed by atoms with Crippen LogP contribution in [0.3, 0.4) is 0 Å². The van der Waals surface area contributed by atoms with Crippen LogP contribution in [0.5, 0.6) is 0 Å². The van der Waals surface area contributed by atoms with Crippen molar-refractivity contribution in [3.63, 3.8) is 0 Å². The Balaban J connectivity index is 1.76. The van der Waals surface area contributed by atoms with Gasteiger partial charge in [-0.25, -0.2) is 9.69 Å². The number of cyclic esters (lactones) is 1. The van der Waals surface area contributed by atoms with Crippen molar-refractivity contribution in [2.24, 2.45) is 5.92 Å². The highest BCUT2D eigenvalue weighted by Crippen LogP contribution is 2.24. The maximum atomic E-state index is 13.2. The van der Waals surface area contributed by atoms with Crippen LogP contribution in [-0.4, -0.2) is 40.8 Å². The highest BCUT2D eigenvalue weighted by Gasteiger charge is 2.41. The van der Waals surface area contributed by atoms with Gasteiger partial charge in [-0.05, 0) is 24.0 Å². The van der Waals surface area contributed by atoms with Gasteiger partial charge in [-0.3, -0.25) is 4.79 Å². The molecule has 1 fully saturated rings. The minimum absolute atomic E-state index is 0.149. The highest BCUT2D eigenvalue weighted by molar-refractivity contribution is 5.95. The molecule has 3 atom stereocenters. The predicted molar refractivity (Wildman–Crippen MR) is 112 cm³/mol. The largest absolute Gasteiger partial charge is 0.447 e. The second kappa shape index (κ2) is 9.85. The summed E-state index contributed by atoms with van der Waals surface area (Å²) in [6.07, 6.45) is 3.97. The smallest absolute Gasteiger partial charge is 0.416 e. The van der Waals surface area contributed by atoms with Crippen LogP contribution in [0, 0.1) is 5.92 Å². The van der Waals surface area contributed by atoms with Crippen LogP contribution in [0.15, 0.2) is 79.4 Å². The monoisotopic (exact) mass is 391 g/mol. The van der Waals surface area contributed by atoms with Crippen molar-refractivity contribution in [2.75, 3.05) is 6.61 Å². The van der Waals surface area contributed by atoms with Gasteiger partial charge >= 0.3 is 6.09 Å². The van der Waals surface area contributed by atoms with Crippen molar-refractivity contribution in [3.05, 3.63) is 90.5 Å². The predicted octanol–water partition coefficient (Wildman–Crippen LogP) is 3.84. The third-order valence-electron chi connectivity index (χ3n) is 4.95. The molecular weight excluding hydrogens is 366 g/mol. The van der Waals surface area contributed by atoms with Crippen LogP contribution in [0.1, 0.15) is 17.5 Å². The molecule has 0 radical (unpaired) electrons. The van der Waals surface area contributed by atoms with Gasteiger partial charge in [0.25, 0.3) is 0 Å². The molecule has 150 valence electrons. The van der Waals surface area contributed by atoms with Crippen molar-refractivity contribution >= 4 is 18.1 Å². The lowest BCUT2D eigenvalue weighted by Gasteiger charge is -2.26. The molecule has 2 aromatic carbocycles. The van der Waals surface area contributed by atoms with Crippen LogP contribution in [0.25, 0.3) is 6.08 Å². The van der Waals surface area contributed by atoms with Gasteiger partial charge in [-0.15, -0.1) is 6.58 Å². The molecule has 1 heterocycles. The fourth-order valence-electron chi connectivity index (χ4n) is 3.42. The summed E-state index contributed by atoms with van der Waals surface area (Å²) in [6.45, 7) is 3.84. The van der Waals surface area contributed by atoms with Gasteiger partial charge in [0.2, 0.25) is 5.91 Å². The van der Waals surface area contributed by atoms with Gasteiger partial charge in [-0.1, -0.05) is 78.9 Å². The molecule has 1 aliphatic rings. The third-order valence-corrected chi connectivity index (χ3v) is 4.95. The third kappa shape index (κ3) is 5.21. The Kier molecular flexibility index (Phi) is 6.98. The first kappa shape index (κ1) is 20.6. The highest BCUT2D eigenvalue weighted by atomic mass is 16.6. The molecule has 0 spiro atoms. The first-order chi connectivity index (χ1) is 14.1. The number of hydrogen-bond acceptors (Lipinski definition) is 4. The zero-order valence-corrected chi connectivity index (χ0v) is 16.2. The fraction of sp³-hybridized carbons (Fsp3) is 0.250. The normalized spacial score (nSPS) is 18.4. The van der Waals surface area contributed by atoms with E-state index in [-0.39, 0.29) is 13.0 Å². The quantitative estimate of drug-likeness (QED) is 0.694. The standard InChI is InChI=1S/C24H25NO4/c1-2-9-21(22(26)15-14-18-10-5-3-6-11-18)23(27)25-20(17-29-24(25)28)16-19-12-7-4-8-13-19/h2-8,10-15,20-22,26H,1,9,16-17H2/b15-14+/t20-,21+,22+/m0/s1. The minimum Gasteiger partial charge on any atom is -0.447 e. The minimum atomic E-state index is -1.05. The molecule has 0 aliphatic carbocycles. The van der Waals surface area contributed by atoms with Crippen LogP contribution >= 0.6 is 0 Å². The average Bonchev–Trinajstić information content (AvgIpc) is 3.11. The molecule has 1 saturated heterocycles. The summed E-state index contributed by atoms with van der Waals surface area (Å²) in [5.41, 5.74) is 1.93. The number of aliphatic hydroxyl groups excluding tert-OH is 1. The van der Waals surface area contributed by atoms with Crippen molar-refractivity contribution in [1.82, 2.24) is 4.90 Å². The molecule has 0 unspecified atom stereocenters. The van der Waals surface area contributed by atoms with Crippen LogP contribution in [0.4, 0.5) is 4.79 Å². The fourth-order valence-corrected chi connectivity index (χ4v) is 3.42. The van der Waals surface area contributed by atoms with Gasteiger partial charge in [0, 0.05) is 0 Å². The van der Waals surface area contributed by atoms with E-state index in [1.54, 1.807) is 18.2 Å². The number of aliphatic hydroxyl groups is 1. The maximum absolute atomic E-state index is 13.2. The van der Waals surface area contributed by atoms with E-state index in [9.17, 15) is 14.7 Å². The number of amides is 2. The Morgan fingerprint density at radius 1 is 1.17 bits per heavy atom. The van der Waals surface area contributed by atoms with Gasteiger partial charge in [-0.2, -0.15) is 0 Å². The van der Waals surface area contributed by atoms with Crippen LogP contribution in [0.2, 0.25) is 0 Å². The van der Waals surface area contributed by atoms with E-state index in [4.69, 9.17) is 4.74 Å². The zero-order chi connectivity index (χ0) is 20.6. The zero-order valence-electron chi connectivity index (χ0n) is 16.2. The number of carbonyl (C=O) groups is 2. The molecule has 3 rings (SSSR count). The van der Waals surface area contributed by atoms with Crippen molar-refractivity contribution in [3.8, 4) is 0 Å². The number of imide groups is 1. The second-order valence-electron chi connectivity index (χ2n) is 7.02. The summed E-state index contributed by atoms with van der Waals surface area (Å²) < 4.78 is 5.15. The van der Waals surface area contributed by atoms with Gasteiger partial charge in [0.1, 0.15) is 6.61 Å². The Labute approximate surface area is 170 Å². The van der Waals surface area contributed by atoms with Gasteiger partial charge in [0.15, 0.2) is 0 Å². The summed E-state index contributed by atoms with van der Waals surface area (Å²) in [4.78, 5) is 26.6. The Morgan fingerprint density at radius 3 is 2.48 bits per heavy atom. The SMILES string of the molecule is C=CC[C@@H](C(=O)N1C(=O)OC[C@@H]1Cc1ccccc1)[C@H](O)/C=C/c1ccccc1. The number of hydrogen-bond donors (Lipinski definition) is 1. The van der Waals surface area contributed by atoms with Gasteiger partial charge in [0.05, 0.1) is 18.1 Å². The Hall–Kier alpha value is -3.18. The number of ether oxygens (including phenoxy) is 1. The molecule has 0 saturated carbocycles. The van der Waals surface area contributed by atoms with E-state index in [0.29, 0.717) is 6.42 Å². The Morgan fingerprint density at radius 2 is 1.83 bits per heavy atom. The first-order valence-electron chi connectivity index (χ1n) is 9.66. The number of rotatable bonds is 8. The molecule has 29 heavy (non-hydrogen) atoms. The Bertz CT molecular complexity index is 863. The van der Waals surface area contributed by atoms with Crippen molar-refractivity contribution < 1.29 is 19.4 Å². The van der Waals surface area contributed by atoms with Crippen molar-refractivity contribution in [2.45, 2.75) is 25.0 Å². The van der Waals surface area contributed by atoms with E-state index in [1.165, 1.54) is 0 Å². The molecule has 5 heteroatoms. The number of benzene rings is 2. The lowest BCUT2D eigenvalue weighted by atomic mass is 9.94. The van der Waals surface area contributed by atoms with E-state index in [2.05, 4.69) is 6.58 Å². The number of nitrogens with zero attached hydrogens (tertiary/aromatic N) is 1. The summed E-state index contributed by atoms with van der Waals surface area (Å²) in [6, 6.07) is 18.8. The van der Waals surface area contributed by atoms with Crippen molar-refractivity contribution in [1.29, 1.82) is 0 Å². The molecule has 1 N–H and O–H groups in total. The van der Waals surface area contributed by atoms with E-state index >= 15 is 0 Å². The number of carbonyl (C=O) groups excluding carboxylic acids is 2. The summed E-state index contributed by atoms with van der Waals surface area (Å²) in [5, 5.41) is 10.7. The molecule has 0 aromatic heterocycles. The molecule has 1 aliphatic heterocycles. The molecule has 2 aromatic rings. The summed E-state index contributed by atoms with van der Waals surface area (Å²) in [5.74, 6) is -1.25. The summed E-state index contributed by atoms with van der Waals surface area (Å²) >= 11 is 0. The van der Waals surface area contributed by atoms with E-state index in [0.717, 1.165) is 16.0 Å². The topological polar surface area (TPSA) is 66.8 Å². The average molecular weight is 391 g/mol. The van der Waals surface area contributed by atoms with E-state index < -0.39 is 30.1 Å². The molecular formula is C24H25NO4. The van der Waals surface area contributed by atoms with Crippen LogP contribution in [-0.2, 0) is 16.0 Å². The lowest BCUT2D eigenvalue weighted by molar-refractivity contribution is -0.136. The lowest BCUT2D eigenvalue weighted by Crippen LogP contribution is -2.46. The number of allylic oxidation sites excluding steroid dienone is 1. The van der Waals surface area contributed by atoms with Crippen LogP contribution < -0.4 is 0 Å². The van der Waals surface area contributed by atoms with E-state index in [1.807, 2.05) is 60.7 Å². The van der Waals surface area contributed by atoms with Gasteiger partial charge < -0.3 is 9.84 Å². The maximum Gasteiger partial charge on any atom is 0.416 e. The molecule has 0 bridgehead atoms.